The van der Waals surface area contributed by atoms with Gasteiger partial charge in [0.15, 0.2) is 0 Å². The average molecular weight is 357 g/mol. The van der Waals surface area contributed by atoms with E-state index >= 15 is 0 Å². The van der Waals surface area contributed by atoms with Crippen molar-refractivity contribution in [2.24, 2.45) is 21.6 Å². The fourth-order valence-corrected chi connectivity index (χ4v) is 3.95. The molecule has 0 bridgehead atoms. The van der Waals surface area contributed by atoms with Gasteiger partial charge in [-0.15, -0.1) is 0 Å². The maximum atomic E-state index is 12.5. The normalized spacial score (nSPS) is 22.8. The third kappa shape index (κ3) is 2.54. The number of fused-ring (bicyclic) bond motifs is 1. The zero-order chi connectivity index (χ0) is 18.4. The molecule has 5 heteroatoms. The Hall–Kier alpha value is -3.05. The monoisotopic (exact) mass is 357 g/mol. The Morgan fingerprint density at radius 1 is 1.00 bits per heavy atom. The maximum Gasteiger partial charge on any atom is 0.264 e. The number of carbonyl (C=O) groups is 1. The first-order valence-corrected chi connectivity index (χ1v) is 9.17. The van der Waals surface area contributed by atoms with Gasteiger partial charge in [0, 0.05) is 16.7 Å². The minimum atomic E-state index is -0.584. The van der Waals surface area contributed by atoms with E-state index in [0.717, 1.165) is 35.1 Å². The summed E-state index contributed by atoms with van der Waals surface area (Å²) in [6.45, 7) is 0. The van der Waals surface area contributed by atoms with E-state index in [-0.39, 0.29) is 11.4 Å². The van der Waals surface area contributed by atoms with Crippen LogP contribution in [0.3, 0.4) is 0 Å². The van der Waals surface area contributed by atoms with E-state index in [9.17, 15) is 4.79 Å². The summed E-state index contributed by atoms with van der Waals surface area (Å²) >= 11 is 0. The van der Waals surface area contributed by atoms with E-state index < -0.39 is 5.92 Å². The number of hydrogen-bond donors (Lipinski definition) is 1. The zero-order valence-corrected chi connectivity index (χ0v) is 14.8. The Kier molecular flexibility index (Phi) is 3.58. The van der Waals surface area contributed by atoms with E-state index in [2.05, 4.69) is 22.1 Å². The van der Waals surface area contributed by atoms with Crippen molar-refractivity contribution in [2.75, 3.05) is 0 Å². The molecule has 1 aliphatic carbocycles. The van der Waals surface area contributed by atoms with Gasteiger partial charge in [-0.05, 0) is 30.4 Å². The SMILES string of the molecule is NC1(c2ccc(C3=C(c4ccccc4)C4C(=O)N=CN=C4O3)cc2)CCC1. The van der Waals surface area contributed by atoms with Gasteiger partial charge in [0.1, 0.15) is 18.0 Å². The van der Waals surface area contributed by atoms with Crippen LogP contribution in [0.4, 0.5) is 0 Å². The molecule has 5 nitrogen and oxygen atoms in total. The van der Waals surface area contributed by atoms with Gasteiger partial charge in [-0.3, -0.25) is 4.79 Å². The molecule has 2 aliphatic heterocycles. The molecule has 134 valence electrons. The van der Waals surface area contributed by atoms with Gasteiger partial charge in [0.2, 0.25) is 5.90 Å². The number of nitrogens with zero attached hydrogens (tertiary/aromatic N) is 2. The lowest BCUT2D eigenvalue weighted by molar-refractivity contribution is -0.118. The fraction of sp³-hybridized carbons (Fsp3) is 0.227. The van der Waals surface area contributed by atoms with Crippen LogP contribution >= 0.6 is 0 Å². The Balaban J connectivity index is 1.61. The van der Waals surface area contributed by atoms with Crippen molar-refractivity contribution in [1.29, 1.82) is 0 Å². The highest BCUT2D eigenvalue weighted by molar-refractivity contribution is 6.23. The number of nitrogens with two attached hydrogens (primary N) is 1. The molecule has 27 heavy (non-hydrogen) atoms. The largest absolute Gasteiger partial charge is 0.441 e. The summed E-state index contributed by atoms with van der Waals surface area (Å²) in [7, 11) is 0. The third-order valence-corrected chi connectivity index (χ3v) is 5.66. The van der Waals surface area contributed by atoms with Crippen molar-refractivity contribution >= 4 is 29.5 Å². The number of carbonyl (C=O) groups excluding carboxylic acids is 1. The molecule has 1 unspecified atom stereocenters. The zero-order valence-electron chi connectivity index (χ0n) is 14.8. The predicted octanol–water partition coefficient (Wildman–Crippen LogP) is 3.51. The van der Waals surface area contributed by atoms with Crippen molar-refractivity contribution in [3.63, 3.8) is 0 Å². The second-order valence-corrected chi connectivity index (χ2v) is 7.28. The van der Waals surface area contributed by atoms with Gasteiger partial charge in [0.25, 0.3) is 5.91 Å². The lowest BCUT2D eigenvalue weighted by Gasteiger charge is -2.38. The second-order valence-electron chi connectivity index (χ2n) is 7.28. The predicted molar refractivity (Wildman–Crippen MR) is 105 cm³/mol. The third-order valence-electron chi connectivity index (χ3n) is 5.66. The minimum absolute atomic E-state index is 0.201. The van der Waals surface area contributed by atoms with Crippen LogP contribution in [0.5, 0.6) is 0 Å². The number of hydrogen-bond acceptors (Lipinski definition) is 4. The number of benzene rings is 2. The van der Waals surface area contributed by atoms with E-state index in [1.807, 2.05) is 42.5 Å². The molecule has 2 aromatic rings. The molecule has 1 saturated carbocycles. The van der Waals surface area contributed by atoms with Gasteiger partial charge in [-0.2, -0.15) is 0 Å². The van der Waals surface area contributed by atoms with Crippen LogP contribution < -0.4 is 5.73 Å². The van der Waals surface area contributed by atoms with Gasteiger partial charge in [-0.25, -0.2) is 9.98 Å². The molecule has 0 saturated heterocycles. The molecule has 2 heterocycles. The molecule has 0 spiro atoms. The second kappa shape index (κ2) is 5.99. The average Bonchev–Trinajstić information content (AvgIpc) is 3.08. The molecule has 2 aromatic carbocycles. The highest BCUT2D eigenvalue weighted by Crippen LogP contribution is 2.43. The Morgan fingerprint density at radius 3 is 2.41 bits per heavy atom. The molecule has 2 N–H and O–H groups in total. The first-order valence-electron chi connectivity index (χ1n) is 9.17. The molecule has 1 atom stereocenters. The standard InChI is InChI=1S/C22H19N3O2/c23-22(11-4-12-22)16-9-7-15(8-10-16)19-17(14-5-2-1-3-6-14)18-20(26)24-13-25-21(18)27-19/h1-3,5-10,13,18H,4,11-12,23H2. The number of ether oxygens (including phenoxy) is 1. The van der Waals surface area contributed by atoms with Crippen molar-refractivity contribution < 1.29 is 9.53 Å². The van der Waals surface area contributed by atoms with Crippen LogP contribution in [0.2, 0.25) is 0 Å². The summed E-state index contributed by atoms with van der Waals surface area (Å²) in [5, 5.41) is 0. The number of amides is 1. The maximum absolute atomic E-state index is 12.5. The summed E-state index contributed by atoms with van der Waals surface area (Å²) in [4.78, 5) is 20.5. The van der Waals surface area contributed by atoms with E-state index in [0.29, 0.717) is 11.7 Å². The molecular weight excluding hydrogens is 338 g/mol. The first-order chi connectivity index (χ1) is 13.2. The molecular formula is C22H19N3O2. The van der Waals surface area contributed by atoms with Crippen LogP contribution in [0, 0.1) is 5.92 Å². The van der Waals surface area contributed by atoms with Crippen molar-refractivity contribution in [3.05, 3.63) is 71.3 Å². The fourth-order valence-electron chi connectivity index (χ4n) is 3.95. The van der Waals surface area contributed by atoms with Crippen LogP contribution in [-0.4, -0.2) is 18.1 Å². The molecule has 1 amide bonds. The highest BCUT2D eigenvalue weighted by atomic mass is 16.5. The van der Waals surface area contributed by atoms with Crippen LogP contribution in [0.25, 0.3) is 11.3 Å². The number of rotatable bonds is 3. The Morgan fingerprint density at radius 2 is 1.74 bits per heavy atom. The lowest BCUT2D eigenvalue weighted by atomic mass is 9.72. The summed E-state index contributed by atoms with van der Waals surface area (Å²) in [6, 6.07) is 18.0. The highest BCUT2D eigenvalue weighted by Gasteiger charge is 2.42. The van der Waals surface area contributed by atoms with Crippen molar-refractivity contribution in [1.82, 2.24) is 0 Å². The van der Waals surface area contributed by atoms with Gasteiger partial charge >= 0.3 is 0 Å². The quantitative estimate of drug-likeness (QED) is 0.913. The van der Waals surface area contributed by atoms with E-state index in [1.165, 1.54) is 12.8 Å². The smallest absolute Gasteiger partial charge is 0.264 e. The lowest BCUT2D eigenvalue weighted by Crippen LogP contribution is -2.43. The minimum Gasteiger partial charge on any atom is -0.441 e. The van der Waals surface area contributed by atoms with Crippen LogP contribution in [-0.2, 0) is 15.1 Å². The topological polar surface area (TPSA) is 77.0 Å². The Bertz CT molecular complexity index is 1000. The molecule has 0 aromatic heterocycles. The van der Waals surface area contributed by atoms with Gasteiger partial charge in [0.05, 0.1) is 0 Å². The summed E-state index contributed by atoms with van der Waals surface area (Å²) in [5.41, 5.74) is 10.0. The first kappa shape index (κ1) is 16.1. The van der Waals surface area contributed by atoms with Gasteiger partial charge in [-0.1, -0.05) is 54.6 Å². The van der Waals surface area contributed by atoms with Crippen LogP contribution in [0.1, 0.15) is 36.0 Å². The molecule has 5 rings (SSSR count). The summed E-state index contributed by atoms with van der Waals surface area (Å²) in [5.74, 6) is 0.220. The van der Waals surface area contributed by atoms with E-state index in [1.54, 1.807) is 0 Å². The van der Waals surface area contributed by atoms with Crippen molar-refractivity contribution in [2.45, 2.75) is 24.8 Å². The molecule has 1 fully saturated rings. The van der Waals surface area contributed by atoms with Crippen molar-refractivity contribution in [3.8, 4) is 0 Å². The molecule has 3 aliphatic rings. The summed E-state index contributed by atoms with van der Waals surface area (Å²) in [6.07, 6.45) is 4.48. The van der Waals surface area contributed by atoms with E-state index in [4.69, 9.17) is 10.5 Å². The number of aliphatic imine (C=N–C) groups is 2. The Labute approximate surface area is 157 Å². The summed E-state index contributed by atoms with van der Waals surface area (Å²) < 4.78 is 6.04. The van der Waals surface area contributed by atoms with Gasteiger partial charge < -0.3 is 10.5 Å². The van der Waals surface area contributed by atoms with Crippen LogP contribution in [0.15, 0.2) is 64.6 Å². The molecule has 0 radical (unpaired) electrons.